The molecule has 0 saturated heterocycles. The van der Waals surface area contributed by atoms with Gasteiger partial charge in [-0.1, -0.05) is 62.4 Å². The summed E-state index contributed by atoms with van der Waals surface area (Å²) in [6.45, 7) is 3.55. The molecule has 4 rings (SSSR count). The number of para-hydroxylation sites is 1. The minimum Gasteiger partial charge on any atom is -0.457 e. The zero-order valence-electron chi connectivity index (χ0n) is 24.7. The number of carbonyl (C=O) groups excluding carboxylic acids is 2. The molecule has 0 aliphatic carbocycles. The highest BCUT2D eigenvalue weighted by atomic mass is 32.2. The monoisotopic (exact) mass is 617 g/mol. The minimum absolute atomic E-state index is 0.00947. The molecular formula is C34H36FN3O5S. The molecule has 4 aromatic rings. The highest BCUT2D eigenvalue weighted by Gasteiger charge is 2.33. The molecule has 0 spiro atoms. The van der Waals surface area contributed by atoms with Crippen molar-refractivity contribution >= 4 is 27.5 Å². The van der Waals surface area contributed by atoms with Crippen LogP contribution in [0.15, 0.2) is 114 Å². The fourth-order valence-electron chi connectivity index (χ4n) is 4.63. The zero-order valence-corrected chi connectivity index (χ0v) is 25.5. The molecule has 44 heavy (non-hydrogen) atoms. The second-order valence-electron chi connectivity index (χ2n) is 10.1. The number of benzene rings is 4. The Bertz CT molecular complexity index is 1620. The first-order chi connectivity index (χ1) is 21.2. The summed E-state index contributed by atoms with van der Waals surface area (Å²) in [5, 5.41) is 2.84. The van der Waals surface area contributed by atoms with Crippen LogP contribution in [0.5, 0.6) is 11.5 Å². The van der Waals surface area contributed by atoms with E-state index in [0.717, 1.165) is 4.31 Å². The van der Waals surface area contributed by atoms with Crippen LogP contribution in [0.2, 0.25) is 0 Å². The molecule has 0 aromatic heterocycles. The molecule has 0 bridgehead atoms. The number of ether oxygens (including phenoxy) is 1. The molecule has 0 heterocycles. The number of anilines is 1. The van der Waals surface area contributed by atoms with Crippen LogP contribution < -0.4 is 14.4 Å². The van der Waals surface area contributed by atoms with Crippen molar-refractivity contribution in [3.05, 3.63) is 121 Å². The van der Waals surface area contributed by atoms with Crippen molar-refractivity contribution in [1.82, 2.24) is 10.2 Å². The summed E-state index contributed by atoms with van der Waals surface area (Å²) < 4.78 is 48.5. The highest BCUT2D eigenvalue weighted by Crippen LogP contribution is 2.28. The Balaban J connectivity index is 1.70. The van der Waals surface area contributed by atoms with E-state index in [4.69, 9.17) is 4.74 Å². The predicted molar refractivity (Wildman–Crippen MR) is 168 cm³/mol. The lowest BCUT2D eigenvalue weighted by Crippen LogP contribution is -2.52. The van der Waals surface area contributed by atoms with Gasteiger partial charge < -0.3 is 15.0 Å². The van der Waals surface area contributed by atoms with Gasteiger partial charge in [-0.3, -0.25) is 13.9 Å². The van der Waals surface area contributed by atoms with Crippen LogP contribution in [0, 0.1) is 5.82 Å². The Morgan fingerprint density at radius 1 is 0.818 bits per heavy atom. The summed E-state index contributed by atoms with van der Waals surface area (Å²) in [5.41, 5.74) is 0.842. The molecule has 10 heteroatoms. The standard InChI is InChI=1S/C34H36FN3O5S/c1-3-23-36-34(40)32(4-2)37(24-26-15-17-27(35)18-16-26)33(39)25-38(44(41,42)31-13-9-6-10-14-31)28-19-21-30(22-20-28)43-29-11-7-5-8-12-29/h5-22,32H,3-4,23-25H2,1-2H3,(H,36,40). The number of amides is 2. The molecule has 0 fully saturated rings. The molecule has 1 N–H and O–H groups in total. The smallest absolute Gasteiger partial charge is 0.264 e. The Labute approximate surface area is 258 Å². The van der Waals surface area contributed by atoms with Gasteiger partial charge in [0.1, 0.15) is 29.9 Å². The molecule has 0 saturated carbocycles. The fourth-order valence-corrected chi connectivity index (χ4v) is 6.06. The van der Waals surface area contributed by atoms with E-state index in [1.807, 2.05) is 25.1 Å². The van der Waals surface area contributed by atoms with E-state index in [9.17, 15) is 22.4 Å². The lowest BCUT2D eigenvalue weighted by molar-refractivity contribution is -0.140. The van der Waals surface area contributed by atoms with Crippen LogP contribution in [0.3, 0.4) is 0 Å². The highest BCUT2D eigenvalue weighted by molar-refractivity contribution is 7.92. The minimum atomic E-state index is -4.20. The maximum absolute atomic E-state index is 14.1. The van der Waals surface area contributed by atoms with Crippen molar-refractivity contribution in [1.29, 1.82) is 0 Å². The first-order valence-corrected chi connectivity index (χ1v) is 15.9. The van der Waals surface area contributed by atoms with Crippen LogP contribution in [-0.2, 0) is 26.2 Å². The normalized spacial score (nSPS) is 11.8. The average Bonchev–Trinajstić information content (AvgIpc) is 3.04. The summed E-state index contributed by atoms with van der Waals surface area (Å²) in [6, 6.07) is 28.2. The maximum atomic E-state index is 14.1. The summed E-state index contributed by atoms with van der Waals surface area (Å²) in [5.74, 6) is -0.256. The Hall–Kier alpha value is -4.70. The summed E-state index contributed by atoms with van der Waals surface area (Å²) in [7, 11) is -4.20. The molecule has 0 aliphatic heterocycles. The quantitative estimate of drug-likeness (QED) is 0.183. The Morgan fingerprint density at radius 2 is 1.41 bits per heavy atom. The molecule has 2 amide bonds. The van der Waals surface area contributed by atoms with Gasteiger partial charge in [-0.25, -0.2) is 12.8 Å². The Morgan fingerprint density at radius 3 is 2.00 bits per heavy atom. The number of hydrogen-bond acceptors (Lipinski definition) is 5. The van der Waals surface area contributed by atoms with Gasteiger partial charge in [-0.15, -0.1) is 0 Å². The van der Waals surface area contributed by atoms with Crippen molar-refractivity contribution in [2.45, 2.75) is 44.2 Å². The second-order valence-corrected chi connectivity index (χ2v) is 12.0. The van der Waals surface area contributed by atoms with E-state index in [1.54, 1.807) is 61.5 Å². The van der Waals surface area contributed by atoms with E-state index >= 15 is 0 Å². The van der Waals surface area contributed by atoms with Crippen molar-refractivity contribution < 1.29 is 27.1 Å². The fraction of sp³-hybridized carbons (Fsp3) is 0.235. The molecule has 0 aliphatic rings. The van der Waals surface area contributed by atoms with Crippen LogP contribution in [-0.4, -0.2) is 44.3 Å². The van der Waals surface area contributed by atoms with Crippen molar-refractivity contribution in [2.24, 2.45) is 0 Å². The zero-order chi connectivity index (χ0) is 31.5. The van der Waals surface area contributed by atoms with Gasteiger partial charge >= 0.3 is 0 Å². The topological polar surface area (TPSA) is 96.0 Å². The van der Waals surface area contributed by atoms with Gasteiger partial charge in [0.05, 0.1) is 10.6 Å². The first kappa shape index (κ1) is 32.2. The molecule has 0 radical (unpaired) electrons. The SMILES string of the molecule is CCCNC(=O)C(CC)N(Cc1ccc(F)cc1)C(=O)CN(c1ccc(Oc2ccccc2)cc1)S(=O)(=O)c1ccccc1. The first-order valence-electron chi connectivity index (χ1n) is 14.4. The molecule has 8 nitrogen and oxygen atoms in total. The number of halogens is 1. The van der Waals surface area contributed by atoms with Crippen molar-refractivity contribution in [3.63, 3.8) is 0 Å². The predicted octanol–water partition coefficient (Wildman–Crippen LogP) is 6.15. The number of hydrogen-bond donors (Lipinski definition) is 1. The van der Waals surface area contributed by atoms with E-state index in [1.165, 1.54) is 41.3 Å². The third-order valence-electron chi connectivity index (χ3n) is 6.92. The third kappa shape index (κ3) is 8.23. The van der Waals surface area contributed by atoms with Gasteiger partial charge in [0.15, 0.2) is 0 Å². The van der Waals surface area contributed by atoms with Gasteiger partial charge in [0.2, 0.25) is 11.8 Å². The van der Waals surface area contributed by atoms with Gasteiger partial charge in [-0.2, -0.15) is 0 Å². The van der Waals surface area contributed by atoms with Crippen LogP contribution in [0.25, 0.3) is 0 Å². The van der Waals surface area contributed by atoms with E-state index in [0.29, 0.717) is 36.4 Å². The molecule has 1 unspecified atom stereocenters. The van der Waals surface area contributed by atoms with Crippen LogP contribution >= 0.6 is 0 Å². The maximum Gasteiger partial charge on any atom is 0.264 e. The summed E-state index contributed by atoms with van der Waals surface area (Å²) in [6.07, 6.45) is 1.00. The van der Waals surface area contributed by atoms with E-state index in [2.05, 4.69) is 5.32 Å². The number of nitrogens with zero attached hydrogens (tertiary/aromatic N) is 2. The van der Waals surface area contributed by atoms with Crippen molar-refractivity contribution in [3.8, 4) is 11.5 Å². The van der Waals surface area contributed by atoms with Crippen LogP contribution in [0.1, 0.15) is 32.3 Å². The lowest BCUT2D eigenvalue weighted by Gasteiger charge is -2.33. The van der Waals surface area contributed by atoms with Gasteiger partial charge in [-0.05, 0) is 79.1 Å². The number of sulfonamides is 1. The molecular weight excluding hydrogens is 581 g/mol. The molecule has 1 atom stereocenters. The third-order valence-corrected chi connectivity index (χ3v) is 8.70. The van der Waals surface area contributed by atoms with Crippen molar-refractivity contribution in [2.75, 3.05) is 17.4 Å². The van der Waals surface area contributed by atoms with Gasteiger partial charge in [0, 0.05) is 13.1 Å². The summed E-state index contributed by atoms with van der Waals surface area (Å²) >= 11 is 0. The Kier molecular flexibility index (Phi) is 11.1. The lowest BCUT2D eigenvalue weighted by atomic mass is 10.1. The molecule has 230 valence electrons. The van der Waals surface area contributed by atoms with Crippen LogP contribution in [0.4, 0.5) is 10.1 Å². The van der Waals surface area contributed by atoms with Gasteiger partial charge in [0.25, 0.3) is 10.0 Å². The van der Waals surface area contributed by atoms with E-state index in [-0.39, 0.29) is 23.0 Å². The number of rotatable bonds is 14. The number of carbonyl (C=O) groups is 2. The molecule has 4 aromatic carbocycles. The summed E-state index contributed by atoms with van der Waals surface area (Å²) in [4.78, 5) is 28.6. The van der Waals surface area contributed by atoms with E-state index < -0.39 is 34.3 Å². The average molecular weight is 618 g/mol. The number of nitrogens with one attached hydrogen (secondary N) is 1. The second kappa shape index (κ2) is 15.2. The largest absolute Gasteiger partial charge is 0.457 e.